The van der Waals surface area contributed by atoms with Gasteiger partial charge >= 0.3 is 0 Å². The van der Waals surface area contributed by atoms with Crippen LogP contribution in [0.3, 0.4) is 0 Å². The van der Waals surface area contributed by atoms with E-state index >= 15 is 0 Å². The van der Waals surface area contributed by atoms with Crippen LogP contribution in [0, 0.1) is 0 Å². The minimum Gasteiger partial charge on any atom is -0.332 e. The predicted octanol–water partition coefficient (Wildman–Crippen LogP) is 3.83. The molecule has 6 heteroatoms. The first-order valence-corrected chi connectivity index (χ1v) is 7.76. The Bertz CT molecular complexity index is 735. The fourth-order valence-corrected chi connectivity index (χ4v) is 3.71. The smallest absolute Gasteiger partial charge is 0.166 e. The van der Waals surface area contributed by atoms with Crippen molar-refractivity contribution in [3.8, 4) is 0 Å². The molecule has 2 aromatic rings. The van der Waals surface area contributed by atoms with Crippen LogP contribution >= 0.6 is 23.4 Å². The highest BCUT2D eigenvalue weighted by Gasteiger charge is 2.25. The zero-order valence-corrected chi connectivity index (χ0v) is 12.6. The van der Waals surface area contributed by atoms with Crippen molar-refractivity contribution < 1.29 is 4.84 Å². The van der Waals surface area contributed by atoms with E-state index in [1.54, 1.807) is 11.8 Å². The Labute approximate surface area is 131 Å². The van der Waals surface area contributed by atoms with E-state index in [2.05, 4.69) is 39.6 Å². The number of aliphatic imine (C=N–C) groups is 1. The van der Waals surface area contributed by atoms with Gasteiger partial charge in [-0.25, -0.2) is 10.5 Å². The summed E-state index contributed by atoms with van der Waals surface area (Å²) >= 11 is 7.94. The molecular weight excluding hydrogens is 306 g/mol. The number of amidine groups is 1. The third-order valence-electron chi connectivity index (χ3n) is 3.41. The maximum Gasteiger partial charge on any atom is 0.166 e. The highest BCUT2D eigenvalue weighted by atomic mass is 35.5. The average Bonchev–Trinajstić information content (AvgIpc) is 3.01. The zero-order valence-electron chi connectivity index (χ0n) is 11.0. The number of anilines is 2. The quantitative estimate of drug-likeness (QED) is 0.913. The number of halogens is 1. The molecule has 0 atom stereocenters. The molecule has 2 aliphatic heterocycles. The number of rotatable bonds is 2. The summed E-state index contributed by atoms with van der Waals surface area (Å²) < 4.78 is 0. The van der Waals surface area contributed by atoms with Gasteiger partial charge < -0.3 is 4.90 Å². The lowest BCUT2D eigenvalue weighted by Gasteiger charge is -2.32. The van der Waals surface area contributed by atoms with Gasteiger partial charge in [-0.2, -0.15) is 0 Å². The van der Waals surface area contributed by atoms with Gasteiger partial charge in [0.15, 0.2) is 6.73 Å². The normalized spacial score (nSPS) is 16.0. The van der Waals surface area contributed by atoms with Gasteiger partial charge in [-0.3, -0.25) is 4.84 Å². The largest absolute Gasteiger partial charge is 0.332 e. The summed E-state index contributed by atoms with van der Waals surface area (Å²) in [5.74, 6) is 0.822. The van der Waals surface area contributed by atoms with Crippen LogP contribution in [-0.2, 0) is 4.84 Å². The number of nitrogens with one attached hydrogen (secondary N) is 1. The minimum atomic E-state index is 0.363. The third-order valence-corrected chi connectivity index (χ3v) is 4.77. The molecule has 2 heterocycles. The molecule has 2 aliphatic rings. The van der Waals surface area contributed by atoms with Gasteiger partial charge in [0.25, 0.3) is 0 Å². The number of fused-ring (bicyclic) bond motifs is 2. The molecule has 0 amide bonds. The molecule has 21 heavy (non-hydrogen) atoms. The topological polar surface area (TPSA) is 36.9 Å². The lowest BCUT2D eigenvalue weighted by Crippen LogP contribution is -2.33. The molecule has 0 unspecified atom stereocenters. The van der Waals surface area contributed by atoms with Crippen LogP contribution in [-0.4, -0.2) is 19.1 Å². The van der Waals surface area contributed by atoms with Crippen molar-refractivity contribution in [3.05, 3.63) is 47.5 Å². The summed E-state index contributed by atoms with van der Waals surface area (Å²) in [4.78, 5) is 14.0. The van der Waals surface area contributed by atoms with Crippen molar-refractivity contribution >= 4 is 40.6 Å². The van der Waals surface area contributed by atoms with E-state index in [0.717, 1.165) is 22.2 Å². The summed E-state index contributed by atoms with van der Waals surface area (Å²) in [5, 5.41) is 0.733. The molecule has 0 radical (unpaired) electrons. The molecule has 0 bridgehead atoms. The van der Waals surface area contributed by atoms with Crippen molar-refractivity contribution in [2.45, 2.75) is 9.79 Å². The van der Waals surface area contributed by atoms with Crippen LogP contribution in [0.4, 0.5) is 11.4 Å². The first kappa shape index (κ1) is 13.0. The lowest BCUT2D eigenvalue weighted by molar-refractivity contribution is 0.114. The third kappa shape index (κ3) is 2.37. The van der Waals surface area contributed by atoms with Crippen LogP contribution < -0.4 is 10.4 Å². The second-order valence-electron chi connectivity index (χ2n) is 4.75. The van der Waals surface area contributed by atoms with Crippen molar-refractivity contribution in [1.29, 1.82) is 0 Å². The molecule has 0 saturated carbocycles. The van der Waals surface area contributed by atoms with Crippen molar-refractivity contribution in [2.24, 2.45) is 4.99 Å². The molecule has 0 aromatic heterocycles. The molecule has 0 aliphatic carbocycles. The molecule has 4 nitrogen and oxygen atoms in total. The van der Waals surface area contributed by atoms with Gasteiger partial charge in [-0.05, 0) is 30.3 Å². The lowest BCUT2D eigenvalue weighted by atomic mass is 10.2. The van der Waals surface area contributed by atoms with Gasteiger partial charge in [-0.15, -0.1) is 0 Å². The maximum absolute atomic E-state index is 6.18. The van der Waals surface area contributed by atoms with Crippen LogP contribution in [0.5, 0.6) is 0 Å². The molecule has 1 N–H and O–H groups in total. The molecule has 106 valence electrons. The Morgan fingerprint density at radius 3 is 2.90 bits per heavy atom. The van der Waals surface area contributed by atoms with E-state index in [1.165, 1.54) is 9.79 Å². The predicted molar refractivity (Wildman–Crippen MR) is 85.5 cm³/mol. The van der Waals surface area contributed by atoms with Crippen molar-refractivity contribution in [3.63, 3.8) is 0 Å². The Balaban J connectivity index is 1.81. The monoisotopic (exact) mass is 317 g/mol. The van der Waals surface area contributed by atoms with Gasteiger partial charge in [0.1, 0.15) is 5.84 Å². The van der Waals surface area contributed by atoms with E-state index in [1.807, 2.05) is 18.2 Å². The molecule has 2 aromatic carbocycles. The van der Waals surface area contributed by atoms with E-state index in [0.29, 0.717) is 13.3 Å². The molecular formula is C15H12ClN3OS. The highest BCUT2D eigenvalue weighted by Crippen LogP contribution is 2.48. The fourth-order valence-electron chi connectivity index (χ4n) is 2.46. The standard InChI is InChI=1S/C15H12ClN3OS/c16-10-5-6-14-12(7-10)19(8-15-17-9-20-18-15)11-3-1-2-4-13(11)21-14/h1-7H,8-9H2,(H,17,18). The highest BCUT2D eigenvalue weighted by molar-refractivity contribution is 7.99. The second-order valence-corrected chi connectivity index (χ2v) is 6.27. The van der Waals surface area contributed by atoms with E-state index < -0.39 is 0 Å². The summed E-state index contributed by atoms with van der Waals surface area (Å²) in [5.41, 5.74) is 5.11. The van der Waals surface area contributed by atoms with Crippen LogP contribution in [0.2, 0.25) is 5.02 Å². The second kappa shape index (κ2) is 5.26. The van der Waals surface area contributed by atoms with Gasteiger partial charge in [0.2, 0.25) is 0 Å². The Morgan fingerprint density at radius 2 is 2.05 bits per heavy atom. The number of benzene rings is 2. The summed E-state index contributed by atoms with van der Waals surface area (Å²) in [7, 11) is 0. The fraction of sp³-hybridized carbons (Fsp3) is 0.133. The average molecular weight is 318 g/mol. The maximum atomic E-state index is 6.18. The van der Waals surface area contributed by atoms with E-state index in [-0.39, 0.29) is 0 Å². The number of hydroxylamine groups is 1. The number of para-hydroxylation sites is 1. The first-order chi connectivity index (χ1) is 10.3. The Kier molecular flexibility index (Phi) is 3.25. The summed E-state index contributed by atoms with van der Waals surface area (Å²) in [6.45, 7) is 0.993. The van der Waals surface area contributed by atoms with Gasteiger partial charge in [0, 0.05) is 14.8 Å². The van der Waals surface area contributed by atoms with Crippen LogP contribution in [0.25, 0.3) is 0 Å². The van der Waals surface area contributed by atoms with Crippen LogP contribution in [0.15, 0.2) is 57.2 Å². The Hall–Kier alpha value is -1.69. The van der Waals surface area contributed by atoms with Gasteiger partial charge in [0.05, 0.1) is 17.9 Å². The SMILES string of the molecule is Clc1ccc2c(c1)N(CC1=NCON1)c1ccccc1S2. The van der Waals surface area contributed by atoms with E-state index in [9.17, 15) is 0 Å². The molecule has 0 fully saturated rings. The van der Waals surface area contributed by atoms with E-state index in [4.69, 9.17) is 16.4 Å². The van der Waals surface area contributed by atoms with Crippen molar-refractivity contribution in [1.82, 2.24) is 5.48 Å². The number of nitrogens with zero attached hydrogens (tertiary/aromatic N) is 2. The number of hydrogen-bond acceptors (Lipinski definition) is 5. The van der Waals surface area contributed by atoms with Crippen LogP contribution in [0.1, 0.15) is 0 Å². The molecule has 0 spiro atoms. The summed E-state index contributed by atoms with van der Waals surface area (Å²) in [6, 6.07) is 14.3. The number of hydrogen-bond donors (Lipinski definition) is 1. The summed E-state index contributed by atoms with van der Waals surface area (Å²) in [6.07, 6.45) is 0. The Morgan fingerprint density at radius 1 is 1.19 bits per heavy atom. The first-order valence-electron chi connectivity index (χ1n) is 6.56. The van der Waals surface area contributed by atoms with Gasteiger partial charge in [-0.1, -0.05) is 35.5 Å². The molecule has 4 rings (SSSR count). The van der Waals surface area contributed by atoms with Crippen molar-refractivity contribution in [2.75, 3.05) is 18.2 Å². The minimum absolute atomic E-state index is 0.363. The molecule has 0 saturated heterocycles. The zero-order chi connectivity index (χ0) is 14.2.